The Kier molecular flexibility index (Phi) is 5.09. The Bertz CT molecular complexity index is 816. The van der Waals surface area contributed by atoms with Gasteiger partial charge in [0, 0.05) is 11.4 Å². The van der Waals surface area contributed by atoms with Crippen LogP contribution in [0.15, 0.2) is 54.7 Å². The molecular formula is C19H21N5O. The van der Waals surface area contributed by atoms with Crippen LogP contribution >= 0.6 is 0 Å². The first kappa shape index (κ1) is 16.7. The second-order valence-electron chi connectivity index (χ2n) is 5.97. The lowest BCUT2D eigenvalue weighted by Gasteiger charge is -2.11. The number of benzene rings is 2. The average molecular weight is 335 g/mol. The van der Waals surface area contributed by atoms with E-state index in [4.69, 9.17) is 4.74 Å². The van der Waals surface area contributed by atoms with Crippen LogP contribution in [-0.4, -0.2) is 21.3 Å². The largest absolute Gasteiger partial charge is 0.491 e. The fraction of sp³-hybridized carbons (Fsp3) is 0.211. The summed E-state index contributed by atoms with van der Waals surface area (Å²) in [6.45, 7) is 6.05. The van der Waals surface area contributed by atoms with E-state index in [1.165, 1.54) is 5.56 Å². The summed E-state index contributed by atoms with van der Waals surface area (Å²) in [7, 11) is 0. The maximum atomic E-state index is 5.63. The lowest BCUT2D eigenvalue weighted by atomic mass is 10.2. The van der Waals surface area contributed by atoms with Gasteiger partial charge in [-0.3, -0.25) is 0 Å². The van der Waals surface area contributed by atoms with E-state index in [2.05, 4.69) is 32.7 Å². The quantitative estimate of drug-likeness (QED) is 0.693. The summed E-state index contributed by atoms with van der Waals surface area (Å²) in [5.41, 5.74) is 3.02. The third-order valence-corrected chi connectivity index (χ3v) is 3.37. The molecule has 0 atom stereocenters. The number of anilines is 4. The molecule has 0 spiro atoms. The smallest absolute Gasteiger partial charge is 0.249 e. The van der Waals surface area contributed by atoms with Crippen molar-refractivity contribution in [1.82, 2.24) is 15.2 Å². The summed E-state index contributed by atoms with van der Waals surface area (Å²) in [6.07, 6.45) is 1.74. The SMILES string of the molecule is Cc1ccc(Nc2cnnc(Nc3ccc(OC(C)C)cc3)n2)cc1. The Labute approximate surface area is 147 Å². The maximum Gasteiger partial charge on any atom is 0.249 e. The molecule has 0 aliphatic heterocycles. The number of aryl methyl sites for hydroxylation is 1. The van der Waals surface area contributed by atoms with Crippen LogP contribution in [0.3, 0.4) is 0 Å². The van der Waals surface area contributed by atoms with E-state index in [0.717, 1.165) is 17.1 Å². The molecule has 0 aliphatic carbocycles. The highest BCUT2D eigenvalue weighted by Crippen LogP contribution is 2.20. The van der Waals surface area contributed by atoms with Crippen molar-refractivity contribution in [3.8, 4) is 5.75 Å². The fourth-order valence-corrected chi connectivity index (χ4v) is 2.22. The number of rotatable bonds is 6. The lowest BCUT2D eigenvalue weighted by Crippen LogP contribution is -2.05. The van der Waals surface area contributed by atoms with Crippen LogP contribution in [0.2, 0.25) is 0 Å². The highest BCUT2D eigenvalue weighted by molar-refractivity contribution is 5.59. The molecule has 3 rings (SSSR count). The Morgan fingerprint density at radius 1 is 0.880 bits per heavy atom. The van der Waals surface area contributed by atoms with E-state index in [-0.39, 0.29) is 6.10 Å². The van der Waals surface area contributed by atoms with E-state index in [1.54, 1.807) is 6.20 Å². The normalized spacial score (nSPS) is 10.6. The zero-order chi connectivity index (χ0) is 17.6. The van der Waals surface area contributed by atoms with Crippen molar-refractivity contribution in [2.75, 3.05) is 10.6 Å². The van der Waals surface area contributed by atoms with Crippen molar-refractivity contribution in [3.63, 3.8) is 0 Å². The molecule has 0 unspecified atom stereocenters. The minimum atomic E-state index is 0.149. The van der Waals surface area contributed by atoms with E-state index < -0.39 is 0 Å². The summed E-state index contributed by atoms with van der Waals surface area (Å²) in [6, 6.07) is 15.7. The van der Waals surface area contributed by atoms with Gasteiger partial charge in [0.05, 0.1) is 12.3 Å². The molecule has 25 heavy (non-hydrogen) atoms. The zero-order valence-electron chi connectivity index (χ0n) is 14.5. The molecule has 0 amide bonds. The van der Waals surface area contributed by atoms with Gasteiger partial charge in [-0.25, -0.2) is 0 Å². The molecule has 0 saturated carbocycles. The van der Waals surface area contributed by atoms with Gasteiger partial charge in [-0.15, -0.1) is 5.10 Å². The van der Waals surface area contributed by atoms with Crippen molar-refractivity contribution in [3.05, 3.63) is 60.3 Å². The van der Waals surface area contributed by atoms with Gasteiger partial charge in [0.1, 0.15) is 5.75 Å². The Morgan fingerprint density at radius 2 is 1.52 bits per heavy atom. The third-order valence-electron chi connectivity index (χ3n) is 3.37. The first-order valence-corrected chi connectivity index (χ1v) is 8.15. The van der Waals surface area contributed by atoms with Crippen LogP contribution in [0.1, 0.15) is 19.4 Å². The topological polar surface area (TPSA) is 72.0 Å². The summed E-state index contributed by atoms with van der Waals surface area (Å²) in [5, 5.41) is 14.4. The Balaban J connectivity index is 1.68. The van der Waals surface area contributed by atoms with Gasteiger partial charge in [0.15, 0.2) is 5.82 Å². The molecule has 6 nitrogen and oxygen atoms in total. The van der Waals surface area contributed by atoms with E-state index in [0.29, 0.717) is 11.8 Å². The molecule has 3 aromatic rings. The first-order chi connectivity index (χ1) is 12.1. The van der Waals surface area contributed by atoms with Gasteiger partial charge in [-0.2, -0.15) is 10.1 Å². The minimum Gasteiger partial charge on any atom is -0.491 e. The maximum absolute atomic E-state index is 5.63. The van der Waals surface area contributed by atoms with Gasteiger partial charge in [-0.1, -0.05) is 17.7 Å². The molecule has 0 aliphatic rings. The predicted octanol–water partition coefficient (Wildman–Crippen LogP) is 4.45. The number of hydrogen-bond acceptors (Lipinski definition) is 6. The first-order valence-electron chi connectivity index (χ1n) is 8.15. The second kappa shape index (κ2) is 7.61. The lowest BCUT2D eigenvalue weighted by molar-refractivity contribution is 0.242. The highest BCUT2D eigenvalue weighted by atomic mass is 16.5. The number of aromatic nitrogens is 3. The summed E-state index contributed by atoms with van der Waals surface area (Å²) >= 11 is 0. The average Bonchev–Trinajstić information content (AvgIpc) is 2.59. The molecule has 0 fully saturated rings. The molecule has 2 N–H and O–H groups in total. The monoisotopic (exact) mass is 335 g/mol. The fourth-order valence-electron chi connectivity index (χ4n) is 2.22. The van der Waals surface area contributed by atoms with Crippen molar-refractivity contribution < 1.29 is 4.74 Å². The molecule has 6 heteroatoms. The van der Waals surface area contributed by atoms with Crippen molar-refractivity contribution >= 4 is 23.1 Å². The van der Waals surface area contributed by atoms with Crippen molar-refractivity contribution in [2.45, 2.75) is 26.9 Å². The van der Waals surface area contributed by atoms with Gasteiger partial charge >= 0.3 is 0 Å². The predicted molar refractivity (Wildman–Crippen MR) is 99.8 cm³/mol. The number of hydrogen-bond donors (Lipinski definition) is 2. The van der Waals surface area contributed by atoms with Gasteiger partial charge < -0.3 is 15.4 Å². The van der Waals surface area contributed by atoms with Gasteiger partial charge in [0.25, 0.3) is 0 Å². The number of nitrogens with zero attached hydrogens (tertiary/aromatic N) is 3. The van der Waals surface area contributed by atoms with Crippen LogP contribution in [0, 0.1) is 6.92 Å². The van der Waals surface area contributed by atoms with Crippen molar-refractivity contribution in [1.29, 1.82) is 0 Å². The van der Waals surface area contributed by atoms with Crippen LogP contribution in [0.25, 0.3) is 0 Å². The second-order valence-corrected chi connectivity index (χ2v) is 5.97. The van der Waals surface area contributed by atoms with Crippen LogP contribution in [0.5, 0.6) is 5.75 Å². The Morgan fingerprint density at radius 3 is 2.20 bits per heavy atom. The molecular weight excluding hydrogens is 314 g/mol. The molecule has 128 valence electrons. The minimum absolute atomic E-state index is 0.149. The summed E-state index contributed by atoms with van der Waals surface area (Å²) in [4.78, 5) is 4.43. The molecule has 0 bridgehead atoms. The molecule has 2 aromatic carbocycles. The summed E-state index contributed by atoms with van der Waals surface area (Å²) in [5.74, 6) is 1.88. The highest BCUT2D eigenvalue weighted by Gasteiger charge is 2.03. The van der Waals surface area contributed by atoms with E-state index in [9.17, 15) is 0 Å². The molecule has 1 heterocycles. The number of nitrogens with one attached hydrogen (secondary N) is 2. The van der Waals surface area contributed by atoms with Gasteiger partial charge in [-0.05, 0) is 57.2 Å². The Hall–Kier alpha value is -3.15. The van der Waals surface area contributed by atoms with Gasteiger partial charge in [0.2, 0.25) is 5.95 Å². The molecule has 0 radical (unpaired) electrons. The molecule has 0 saturated heterocycles. The standard InChI is InChI=1S/C19H21N5O/c1-13(2)25-17-10-8-16(9-11-17)22-19-23-18(12-20-24-19)21-15-6-4-14(3)5-7-15/h4-13H,1-3H3,(H2,21,22,23,24). The van der Waals surface area contributed by atoms with Crippen LogP contribution < -0.4 is 15.4 Å². The molecule has 1 aromatic heterocycles. The summed E-state index contributed by atoms with van der Waals surface area (Å²) < 4.78 is 5.63. The van der Waals surface area contributed by atoms with Crippen LogP contribution in [-0.2, 0) is 0 Å². The van der Waals surface area contributed by atoms with Crippen molar-refractivity contribution in [2.24, 2.45) is 0 Å². The third kappa shape index (κ3) is 4.91. The number of ether oxygens (including phenoxy) is 1. The zero-order valence-corrected chi connectivity index (χ0v) is 14.5. The van der Waals surface area contributed by atoms with Crippen LogP contribution in [0.4, 0.5) is 23.1 Å². The van der Waals surface area contributed by atoms with E-state index in [1.807, 2.05) is 62.4 Å². The van der Waals surface area contributed by atoms with E-state index >= 15 is 0 Å².